The molecule has 176 valence electrons. The minimum absolute atomic E-state index is 0.0676. The van der Waals surface area contributed by atoms with E-state index in [-0.39, 0.29) is 12.1 Å². The van der Waals surface area contributed by atoms with Crippen LogP contribution in [0.3, 0.4) is 0 Å². The van der Waals surface area contributed by atoms with Gasteiger partial charge in [-0.15, -0.1) is 0 Å². The lowest BCUT2D eigenvalue weighted by Crippen LogP contribution is -2.13. The number of nitrogens with zero attached hydrogens (tertiary/aromatic N) is 2. The number of aryl methyl sites for hydroxylation is 1. The number of methoxy groups -OCH3 is 3. The largest absolute Gasteiger partial charge is 0.493 e. The lowest BCUT2D eigenvalue weighted by Gasteiger charge is -2.12. The van der Waals surface area contributed by atoms with Gasteiger partial charge in [-0.05, 0) is 36.8 Å². The number of rotatable bonds is 9. The van der Waals surface area contributed by atoms with Crippen molar-refractivity contribution in [3.63, 3.8) is 0 Å². The first-order valence-corrected chi connectivity index (χ1v) is 9.85. The van der Waals surface area contributed by atoms with Crippen molar-refractivity contribution in [2.45, 2.75) is 25.4 Å². The second-order valence-electron chi connectivity index (χ2n) is 6.91. The van der Waals surface area contributed by atoms with E-state index < -0.39 is 17.6 Å². The van der Waals surface area contributed by atoms with Crippen LogP contribution in [0, 0.1) is 0 Å². The maximum atomic E-state index is 12.8. The summed E-state index contributed by atoms with van der Waals surface area (Å²) in [6, 6.07) is 7.82. The quantitative estimate of drug-likeness (QED) is 0.488. The molecule has 2 aromatic carbocycles. The zero-order valence-electron chi connectivity index (χ0n) is 18.2. The highest BCUT2D eigenvalue weighted by Gasteiger charge is 2.30. The van der Waals surface area contributed by atoms with E-state index in [0.29, 0.717) is 47.4 Å². The fourth-order valence-corrected chi connectivity index (χ4v) is 3.08. The van der Waals surface area contributed by atoms with Gasteiger partial charge in [-0.25, -0.2) is 0 Å². The molecule has 0 fully saturated rings. The summed E-state index contributed by atoms with van der Waals surface area (Å²) >= 11 is 0. The molecule has 0 bridgehead atoms. The van der Waals surface area contributed by atoms with E-state index in [1.54, 1.807) is 12.1 Å². The zero-order valence-corrected chi connectivity index (χ0v) is 18.2. The summed E-state index contributed by atoms with van der Waals surface area (Å²) in [4.78, 5) is 16.4. The summed E-state index contributed by atoms with van der Waals surface area (Å²) in [7, 11) is 4.48. The fourth-order valence-electron chi connectivity index (χ4n) is 3.08. The average molecular weight is 465 g/mol. The molecule has 0 unspecified atom stereocenters. The van der Waals surface area contributed by atoms with Crippen LogP contribution in [0.4, 0.5) is 18.9 Å². The first-order chi connectivity index (χ1) is 15.7. The molecule has 0 saturated carbocycles. The summed E-state index contributed by atoms with van der Waals surface area (Å²) in [6.07, 6.45) is -3.73. The van der Waals surface area contributed by atoms with Gasteiger partial charge in [0.05, 0.1) is 26.9 Å². The number of benzene rings is 2. The second kappa shape index (κ2) is 10.2. The van der Waals surface area contributed by atoms with Crippen LogP contribution < -0.4 is 19.5 Å². The van der Waals surface area contributed by atoms with Crippen molar-refractivity contribution in [2.75, 3.05) is 26.6 Å². The van der Waals surface area contributed by atoms with Gasteiger partial charge in [0.25, 0.3) is 0 Å². The second-order valence-corrected chi connectivity index (χ2v) is 6.91. The molecule has 1 aromatic heterocycles. The first kappa shape index (κ1) is 23.9. The number of carbonyl (C=O) groups excluding carboxylic acids is 1. The van der Waals surface area contributed by atoms with Crippen molar-refractivity contribution < 1.29 is 36.7 Å². The van der Waals surface area contributed by atoms with E-state index >= 15 is 0 Å². The standard InChI is InChI=1S/C22H22F3N3O5/c1-30-16-10-13(11-17(31-2)20(16)32-3)21-27-19(33-28-21)9-5-8-18(29)26-15-7-4-6-14(12-15)22(23,24)25/h4,6-7,10-12H,5,8-9H2,1-3H3,(H,26,29). The summed E-state index contributed by atoms with van der Waals surface area (Å²) in [5.41, 5.74) is -0.162. The molecule has 0 aliphatic carbocycles. The van der Waals surface area contributed by atoms with E-state index in [2.05, 4.69) is 15.5 Å². The van der Waals surface area contributed by atoms with Crippen LogP contribution in [0.5, 0.6) is 17.2 Å². The van der Waals surface area contributed by atoms with Crippen molar-refractivity contribution in [3.8, 4) is 28.6 Å². The van der Waals surface area contributed by atoms with Gasteiger partial charge in [0.15, 0.2) is 11.5 Å². The molecular weight excluding hydrogens is 443 g/mol. The third-order valence-electron chi connectivity index (χ3n) is 4.66. The smallest absolute Gasteiger partial charge is 0.416 e. The molecule has 3 aromatic rings. The molecular formula is C22H22F3N3O5. The predicted octanol–water partition coefficient (Wildman–Crippen LogP) is 4.74. The molecule has 33 heavy (non-hydrogen) atoms. The van der Waals surface area contributed by atoms with Gasteiger partial charge in [0.1, 0.15) is 0 Å². The number of hydrogen-bond donors (Lipinski definition) is 1. The van der Waals surface area contributed by atoms with E-state index in [9.17, 15) is 18.0 Å². The lowest BCUT2D eigenvalue weighted by atomic mass is 10.1. The normalized spacial score (nSPS) is 11.2. The molecule has 0 aliphatic heterocycles. The SMILES string of the molecule is COc1cc(-c2noc(CCCC(=O)Nc3cccc(C(F)(F)F)c3)n2)cc(OC)c1OC. The summed E-state index contributed by atoms with van der Waals surface area (Å²) in [6.45, 7) is 0. The molecule has 8 nitrogen and oxygen atoms in total. The van der Waals surface area contributed by atoms with Crippen LogP contribution in [-0.2, 0) is 17.4 Å². The lowest BCUT2D eigenvalue weighted by molar-refractivity contribution is -0.137. The van der Waals surface area contributed by atoms with E-state index in [0.717, 1.165) is 12.1 Å². The number of carbonyl (C=O) groups is 1. The maximum absolute atomic E-state index is 12.8. The number of amides is 1. The van der Waals surface area contributed by atoms with E-state index in [1.165, 1.54) is 33.5 Å². The Hall–Kier alpha value is -3.76. The number of alkyl halides is 3. The summed E-state index contributed by atoms with van der Waals surface area (Å²) in [5.74, 6) is 1.50. The molecule has 0 aliphatic rings. The molecule has 1 N–H and O–H groups in total. The number of aromatic nitrogens is 2. The molecule has 1 heterocycles. The highest BCUT2D eigenvalue weighted by Crippen LogP contribution is 2.40. The van der Waals surface area contributed by atoms with E-state index in [4.69, 9.17) is 18.7 Å². The molecule has 11 heteroatoms. The molecule has 0 radical (unpaired) electrons. The van der Waals surface area contributed by atoms with Gasteiger partial charge in [-0.3, -0.25) is 4.79 Å². The Kier molecular flexibility index (Phi) is 7.41. The minimum Gasteiger partial charge on any atom is -0.493 e. The van der Waals surface area contributed by atoms with Crippen LogP contribution in [0.25, 0.3) is 11.4 Å². The highest BCUT2D eigenvalue weighted by atomic mass is 19.4. The minimum atomic E-state index is -4.48. The van der Waals surface area contributed by atoms with Gasteiger partial charge in [0.2, 0.25) is 23.4 Å². The number of ether oxygens (including phenoxy) is 3. The number of hydrogen-bond acceptors (Lipinski definition) is 7. The third kappa shape index (κ3) is 5.93. The Labute approximate surface area is 187 Å². The molecule has 0 atom stereocenters. The monoisotopic (exact) mass is 465 g/mol. The first-order valence-electron chi connectivity index (χ1n) is 9.85. The number of anilines is 1. The molecule has 0 spiro atoms. The van der Waals surface area contributed by atoms with Crippen molar-refractivity contribution in [1.82, 2.24) is 10.1 Å². The summed E-state index contributed by atoms with van der Waals surface area (Å²) < 4.78 is 59.5. The van der Waals surface area contributed by atoms with Gasteiger partial charge >= 0.3 is 6.18 Å². The number of nitrogens with one attached hydrogen (secondary N) is 1. The Bertz CT molecular complexity index is 1090. The average Bonchev–Trinajstić information content (AvgIpc) is 3.26. The topological polar surface area (TPSA) is 95.7 Å². The Balaban J connectivity index is 1.59. The van der Waals surface area contributed by atoms with Crippen molar-refractivity contribution >= 4 is 11.6 Å². The van der Waals surface area contributed by atoms with Gasteiger partial charge in [-0.1, -0.05) is 11.2 Å². The molecule has 0 saturated heterocycles. The van der Waals surface area contributed by atoms with Crippen molar-refractivity contribution in [2.24, 2.45) is 0 Å². The van der Waals surface area contributed by atoms with Gasteiger partial charge in [0, 0.05) is 24.1 Å². The van der Waals surface area contributed by atoms with Crippen LogP contribution >= 0.6 is 0 Å². The summed E-state index contributed by atoms with van der Waals surface area (Å²) in [5, 5.41) is 6.41. The zero-order chi connectivity index (χ0) is 24.0. The van der Waals surface area contributed by atoms with Gasteiger partial charge in [-0.2, -0.15) is 18.2 Å². The molecule has 3 rings (SSSR count). The van der Waals surface area contributed by atoms with Crippen LogP contribution in [0.15, 0.2) is 40.9 Å². The third-order valence-corrected chi connectivity index (χ3v) is 4.66. The maximum Gasteiger partial charge on any atom is 0.416 e. The van der Waals surface area contributed by atoms with Crippen LogP contribution in [-0.4, -0.2) is 37.4 Å². The fraction of sp³-hybridized carbons (Fsp3) is 0.318. The van der Waals surface area contributed by atoms with Gasteiger partial charge < -0.3 is 24.1 Å². The van der Waals surface area contributed by atoms with Crippen LogP contribution in [0.2, 0.25) is 0 Å². The highest BCUT2D eigenvalue weighted by molar-refractivity contribution is 5.90. The Morgan fingerprint density at radius 3 is 2.36 bits per heavy atom. The predicted molar refractivity (Wildman–Crippen MR) is 112 cm³/mol. The van der Waals surface area contributed by atoms with Crippen molar-refractivity contribution in [1.29, 1.82) is 0 Å². The molecule has 1 amide bonds. The number of halogens is 3. The van der Waals surface area contributed by atoms with E-state index in [1.807, 2.05) is 0 Å². The Morgan fingerprint density at radius 2 is 1.76 bits per heavy atom. The van der Waals surface area contributed by atoms with Crippen LogP contribution in [0.1, 0.15) is 24.3 Å². The Morgan fingerprint density at radius 1 is 1.06 bits per heavy atom. The van der Waals surface area contributed by atoms with Crippen molar-refractivity contribution in [3.05, 3.63) is 47.9 Å².